The summed E-state index contributed by atoms with van der Waals surface area (Å²) in [5.74, 6) is -0.667. The van der Waals surface area contributed by atoms with Crippen LogP contribution in [0.15, 0.2) is 53.3 Å². The first-order valence-electron chi connectivity index (χ1n) is 7.45. The standard InChI is InChI=1S/C18H16FN3O2/c1-11(13-4-2-3-5-14(13)19)8-17(23)20-10-12-6-7-15-16(9-12)22-18(24)21-15/h2-9H,10H2,1H3,(H,20,23)(H2,21,22,24)/b11-8+. The number of hydrogen-bond donors (Lipinski definition) is 3. The number of H-pyrrole nitrogens is 2. The van der Waals surface area contributed by atoms with Gasteiger partial charge in [-0.15, -0.1) is 0 Å². The first-order valence-corrected chi connectivity index (χ1v) is 7.45. The van der Waals surface area contributed by atoms with Gasteiger partial charge in [-0.1, -0.05) is 24.3 Å². The Balaban J connectivity index is 1.69. The summed E-state index contributed by atoms with van der Waals surface area (Å²) in [7, 11) is 0. The lowest BCUT2D eigenvalue weighted by Gasteiger charge is -2.05. The van der Waals surface area contributed by atoms with Crippen LogP contribution in [0.2, 0.25) is 0 Å². The zero-order chi connectivity index (χ0) is 17.1. The minimum Gasteiger partial charge on any atom is -0.348 e. The fraction of sp³-hybridized carbons (Fsp3) is 0.111. The molecule has 3 aromatic rings. The molecule has 0 aliphatic carbocycles. The van der Waals surface area contributed by atoms with Crippen molar-refractivity contribution in [2.75, 3.05) is 0 Å². The lowest BCUT2D eigenvalue weighted by molar-refractivity contribution is -0.116. The molecular formula is C18H16FN3O2. The average molecular weight is 325 g/mol. The quantitative estimate of drug-likeness (QED) is 0.645. The van der Waals surface area contributed by atoms with E-state index in [1.807, 2.05) is 6.07 Å². The van der Waals surface area contributed by atoms with Crippen molar-refractivity contribution in [2.24, 2.45) is 0 Å². The predicted octanol–water partition coefficient (Wildman–Crippen LogP) is 2.72. The van der Waals surface area contributed by atoms with Crippen molar-refractivity contribution >= 4 is 22.5 Å². The number of carbonyl (C=O) groups is 1. The van der Waals surface area contributed by atoms with E-state index in [4.69, 9.17) is 0 Å². The van der Waals surface area contributed by atoms with Gasteiger partial charge in [0.1, 0.15) is 5.82 Å². The number of imidazole rings is 1. The number of aromatic amines is 2. The number of nitrogens with one attached hydrogen (secondary N) is 3. The van der Waals surface area contributed by atoms with Crippen LogP contribution in [-0.2, 0) is 11.3 Å². The van der Waals surface area contributed by atoms with Crippen molar-refractivity contribution < 1.29 is 9.18 Å². The summed E-state index contributed by atoms with van der Waals surface area (Å²) in [5.41, 5.74) is 2.93. The van der Waals surface area contributed by atoms with Gasteiger partial charge in [-0.05, 0) is 36.3 Å². The highest BCUT2D eigenvalue weighted by atomic mass is 19.1. The number of rotatable bonds is 4. The van der Waals surface area contributed by atoms with Crippen LogP contribution in [0.1, 0.15) is 18.1 Å². The summed E-state index contributed by atoms with van der Waals surface area (Å²) in [6.45, 7) is 2.00. The number of amides is 1. The summed E-state index contributed by atoms with van der Waals surface area (Å²) in [5, 5.41) is 2.75. The van der Waals surface area contributed by atoms with E-state index in [0.717, 1.165) is 5.56 Å². The molecule has 1 heterocycles. The van der Waals surface area contributed by atoms with Crippen molar-refractivity contribution in [3.05, 3.63) is 76.0 Å². The molecule has 0 saturated carbocycles. The van der Waals surface area contributed by atoms with Crippen LogP contribution in [-0.4, -0.2) is 15.9 Å². The number of carbonyl (C=O) groups excluding carboxylic acids is 1. The van der Waals surface area contributed by atoms with Crippen LogP contribution in [0.3, 0.4) is 0 Å². The van der Waals surface area contributed by atoms with Crippen LogP contribution < -0.4 is 11.0 Å². The van der Waals surface area contributed by atoms with Crippen molar-refractivity contribution in [3.8, 4) is 0 Å². The van der Waals surface area contributed by atoms with Gasteiger partial charge < -0.3 is 15.3 Å². The van der Waals surface area contributed by atoms with Crippen molar-refractivity contribution in [3.63, 3.8) is 0 Å². The van der Waals surface area contributed by atoms with E-state index in [2.05, 4.69) is 15.3 Å². The normalized spacial score (nSPS) is 11.7. The molecule has 0 radical (unpaired) electrons. The zero-order valence-electron chi connectivity index (χ0n) is 13.0. The molecule has 0 atom stereocenters. The third-order valence-corrected chi connectivity index (χ3v) is 3.69. The van der Waals surface area contributed by atoms with E-state index in [-0.39, 0.29) is 17.4 Å². The molecule has 5 nitrogen and oxygen atoms in total. The molecule has 3 rings (SSSR count). The Kier molecular flexibility index (Phi) is 4.29. The maximum absolute atomic E-state index is 13.7. The monoisotopic (exact) mass is 325 g/mol. The highest BCUT2D eigenvalue weighted by Crippen LogP contribution is 2.17. The van der Waals surface area contributed by atoms with E-state index < -0.39 is 0 Å². The van der Waals surface area contributed by atoms with Crippen LogP contribution in [0, 0.1) is 5.82 Å². The van der Waals surface area contributed by atoms with Gasteiger partial charge in [0, 0.05) is 18.2 Å². The molecule has 0 unspecified atom stereocenters. The van der Waals surface area contributed by atoms with Gasteiger partial charge in [0.25, 0.3) is 0 Å². The Hall–Kier alpha value is -3.15. The highest BCUT2D eigenvalue weighted by Gasteiger charge is 2.06. The summed E-state index contributed by atoms with van der Waals surface area (Å²) < 4.78 is 13.7. The summed E-state index contributed by atoms with van der Waals surface area (Å²) in [4.78, 5) is 28.6. The maximum atomic E-state index is 13.7. The zero-order valence-corrected chi connectivity index (χ0v) is 13.0. The molecule has 24 heavy (non-hydrogen) atoms. The van der Waals surface area contributed by atoms with Crippen molar-refractivity contribution in [2.45, 2.75) is 13.5 Å². The molecule has 2 aromatic carbocycles. The van der Waals surface area contributed by atoms with E-state index >= 15 is 0 Å². The van der Waals surface area contributed by atoms with Gasteiger partial charge in [-0.3, -0.25) is 4.79 Å². The smallest absolute Gasteiger partial charge is 0.323 e. The highest BCUT2D eigenvalue weighted by molar-refractivity contribution is 5.94. The maximum Gasteiger partial charge on any atom is 0.323 e. The Bertz CT molecular complexity index is 985. The number of halogens is 1. The van der Waals surface area contributed by atoms with Crippen LogP contribution in [0.5, 0.6) is 0 Å². The Labute approximate surface area is 137 Å². The summed E-state index contributed by atoms with van der Waals surface area (Å²) in [6.07, 6.45) is 1.37. The second kappa shape index (κ2) is 6.54. The number of hydrogen-bond acceptors (Lipinski definition) is 2. The molecule has 0 aliphatic heterocycles. The molecule has 0 bridgehead atoms. The van der Waals surface area contributed by atoms with Gasteiger partial charge in [0.05, 0.1) is 11.0 Å². The van der Waals surface area contributed by atoms with Crippen molar-refractivity contribution in [1.29, 1.82) is 0 Å². The Morgan fingerprint density at radius 3 is 2.71 bits per heavy atom. The van der Waals surface area contributed by atoms with Crippen LogP contribution in [0.25, 0.3) is 16.6 Å². The molecule has 6 heteroatoms. The molecule has 0 saturated heterocycles. The summed E-state index contributed by atoms with van der Waals surface area (Å²) >= 11 is 0. The van der Waals surface area contributed by atoms with Gasteiger partial charge in [0.2, 0.25) is 5.91 Å². The first kappa shape index (κ1) is 15.7. The fourth-order valence-electron chi connectivity index (χ4n) is 2.49. The second-order valence-electron chi connectivity index (χ2n) is 5.48. The van der Waals surface area contributed by atoms with Gasteiger partial charge in [0.15, 0.2) is 0 Å². The molecule has 1 aromatic heterocycles. The molecule has 0 fully saturated rings. The van der Waals surface area contributed by atoms with Gasteiger partial charge in [-0.2, -0.15) is 0 Å². The number of fused-ring (bicyclic) bond motifs is 1. The Morgan fingerprint density at radius 1 is 1.17 bits per heavy atom. The number of allylic oxidation sites excluding steroid dienone is 1. The van der Waals surface area contributed by atoms with E-state index in [0.29, 0.717) is 28.7 Å². The largest absolute Gasteiger partial charge is 0.348 e. The van der Waals surface area contributed by atoms with E-state index in [9.17, 15) is 14.0 Å². The lowest BCUT2D eigenvalue weighted by atomic mass is 10.1. The van der Waals surface area contributed by atoms with Gasteiger partial charge in [-0.25, -0.2) is 9.18 Å². The van der Waals surface area contributed by atoms with E-state index in [1.54, 1.807) is 37.3 Å². The SMILES string of the molecule is C/C(=C\C(=O)NCc1ccc2[nH]c(=O)[nH]c2c1)c1ccccc1F. The minimum atomic E-state index is -0.360. The summed E-state index contributed by atoms with van der Waals surface area (Å²) in [6, 6.07) is 11.7. The molecule has 0 spiro atoms. The number of benzene rings is 2. The van der Waals surface area contributed by atoms with Crippen LogP contribution in [0.4, 0.5) is 4.39 Å². The first-order chi connectivity index (χ1) is 11.5. The molecule has 1 amide bonds. The number of aromatic nitrogens is 2. The van der Waals surface area contributed by atoms with Crippen molar-refractivity contribution in [1.82, 2.24) is 15.3 Å². The minimum absolute atomic E-state index is 0.269. The van der Waals surface area contributed by atoms with Crippen LogP contribution >= 0.6 is 0 Å². The Morgan fingerprint density at radius 2 is 1.92 bits per heavy atom. The fourth-order valence-corrected chi connectivity index (χ4v) is 2.49. The van der Waals surface area contributed by atoms with Gasteiger partial charge >= 0.3 is 5.69 Å². The second-order valence-corrected chi connectivity index (χ2v) is 5.48. The molecule has 3 N–H and O–H groups in total. The third kappa shape index (κ3) is 3.43. The molecule has 0 aliphatic rings. The molecular weight excluding hydrogens is 309 g/mol. The van der Waals surface area contributed by atoms with E-state index in [1.165, 1.54) is 12.1 Å². The molecule has 122 valence electrons. The lowest BCUT2D eigenvalue weighted by Crippen LogP contribution is -2.20. The third-order valence-electron chi connectivity index (χ3n) is 3.69. The average Bonchev–Trinajstić information content (AvgIpc) is 2.92. The topological polar surface area (TPSA) is 77.8 Å². The predicted molar refractivity (Wildman–Crippen MR) is 90.8 cm³/mol.